The number of ether oxygens (including phenoxy) is 2. The highest BCUT2D eigenvalue weighted by molar-refractivity contribution is 7.47. The maximum Gasteiger partial charge on any atom is 0.472 e. The zero-order valence-electron chi connectivity index (χ0n) is 38.0. The van der Waals surface area contributed by atoms with Gasteiger partial charge in [-0.05, 0) is 83.5 Å². The maximum atomic E-state index is 12.7. The van der Waals surface area contributed by atoms with E-state index in [1.54, 1.807) is 0 Å². The summed E-state index contributed by atoms with van der Waals surface area (Å²) in [7, 11) is 1.63. The van der Waals surface area contributed by atoms with Gasteiger partial charge in [0.15, 0.2) is 0 Å². The molecule has 8 nitrogen and oxygen atoms in total. The van der Waals surface area contributed by atoms with Crippen LogP contribution < -0.4 is 0 Å². The topological polar surface area (TPSA) is 91.3 Å². The van der Waals surface area contributed by atoms with Crippen LogP contribution in [0.15, 0.2) is 72.9 Å². The average molecular weight is 835 g/mol. The van der Waals surface area contributed by atoms with Gasteiger partial charge < -0.3 is 18.9 Å². The van der Waals surface area contributed by atoms with Crippen molar-refractivity contribution in [1.82, 2.24) is 0 Å². The maximum absolute atomic E-state index is 12.7. The summed E-state index contributed by atoms with van der Waals surface area (Å²) < 4.78 is 35.0. The first kappa shape index (κ1) is 55.9. The Morgan fingerprint density at radius 3 is 1.52 bits per heavy atom. The fraction of sp³-hybridized carbons (Fsp3) is 0.735. The Hall–Kier alpha value is -2.06. The van der Waals surface area contributed by atoms with Gasteiger partial charge in [-0.25, -0.2) is 4.57 Å². The van der Waals surface area contributed by atoms with Crippen molar-refractivity contribution in [3.63, 3.8) is 0 Å². The van der Waals surface area contributed by atoms with E-state index in [4.69, 9.17) is 18.5 Å². The van der Waals surface area contributed by atoms with Crippen LogP contribution in [-0.2, 0) is 27.9 Å². The van der Waals surface area contributed by atoms with Gasteiger partial charge in [0.2, 0.25) is 0 Å². The number of likely N-dealkylation sites (N-methyl/N-ethyl adjacent to an activating group) is 1. The van der Waals surface area contributed by atoms with Crippen LogP contribution in [0.25, 0.3) is 0 Å². The smallest absolute Gasteiger partial charge is 0.457 e. The van der Waals surface area contributed by atoms with E-state index in [9.17, 15) is 14.3 Å². The van der Waals surface area contributed by atoms with Crippen LogP contribution >= 0.6 is 7.82 Å². The molecule has 58 heavy (non-hydrogen) atoms. The Balaban J connectivity index is 4.31. The summed E-state index contributed by atoms with van der Waals surface area (Å²) in [4.78, 5) is 22.9. The second-order valence-corrected chi connectivity index (χ2v) is 17.9. The molecule has 1 N–H and O–H groups in total. The van der Waals surface area contributed by atoms with Gasteiger partial charge in [0, 0.05) is 13.0 Å². The lowest BCUT2D eigenvalue weighted by molar-refractivity contribution is -0.870. The number of carbonyl (C=O) groups is 1. The molecule has 0 heterocycles. The largest absolute Gasteiger partial charge is 0.472 e. The molecule has 2 unspecified atom stereocenters. The SMILES string of the molecule is CC/C=C\C/C=C\C/C=C\C/C=C\C/C=C\CCCCCC(=O)OC(COCCCCCCCC/C=C\CCCCCCCCC)COP(=O)(O)OCC[N+](C)(C)C. The molecule has 0 saturated heterocycles. The highest BCUT2D eigenvalue weighted by atomic mass is 31.2. The molecule has 9 heteroatoms. The zero-order valence-corrected chi connectivity index (χ0v) is 38.9. The molecular formula is C49H89NO7P+. The zero-order chi connectivity index (χ0) is 42.7. The first-order chi connectivity index (χ1) is 28.1. The van der Waals surface area contributed by atoms with Crippen molar-refractivity contribution in [1.29, 1.82) is 0 Å². The molecule has 0 fully saturated rings. The van der Waals surface area contributed by atoms with Crippen LogP contribution in [0, 0.1) is 0 Å². The van der Waals surface area contributed by atoms with Crippen LogP contribution in [0.5, 0.6) is 0 Å². The monoisotopic (exact) mass is 835 g/mol. The second kappa shape index (κ2) is 41.7. The molecule has 0 radical (unpaired) electrons. The van der Waals surface area contributed by atoms with Crippen LogP contribution in [0.3, 0.4) is 0 Å². The van der Waals surface area contributed by atoms with Crippen molar-refractivity contribution in [2.75, 3.05) is 54.1 Å². The molecule has 2 atom stereocenters. The molecule has 0 aliphatic rings. The van der Waals surface area contributed by atoms with Gasteiger partial charge in [0.1, 0.15) is 19.3 Å². The molecule has 0 spiro atoms. The van der Waals surface area contributed by atoms with Gasteiger partial charge in [-0.1, -0.05) is 157 Å². The summed E-state index contributed by atoms with van der Waals surface area (Å²) in [6, 6.07) is 0. The van der Waals surface area contributed by atoms with Crippen LogP contribution in [0.4, 0.5) is 0 Å². The van der Waals surface area contributed by atoms with Crippen molar-refractivity contribution in [3.05, 3.63) is 72.9 Å². The summed E-state index contributed by atoms with van der Waals surface area (Å²) in [5, 5.41) is 0. The third-order valence-corrected chi connectivity index (χ3v) is 10.5. The highest BCUT2D eigenvalue weighted by Gasteiger charge is 2.26. The molecule has 0 aliphatic heterocycles. The lowest BCUT2D eigenvalue weighted by Gasteiger charge is -2.24. The predicted octanol–water partition coefficient (Wildman–Crippen LogP) is 13.9. The predicted molar refractivity (Wildman–Crippen MR) is 247 cm³/mol. The van der Waals surface area contributed by atoms with Gasteiger partial charge in [-0.2, -0.15) is 0 Å². The van der Waals surface area contributed by atoms with Gasteiger partial charge in [-0.15, -0.1) is 0 Å². The first-order valence-corrected chi connectivity index (χ1v) is 24.7. The number of hydrogen-bond acceptors (Lipinski definition) is 6. The summed E-state index contributed by atoms with van der Waals surface area (Å²) in [5.41, 5.74) is 0. The Labute approximate surface area is 357 Å². The lowest BCUT2D eigenvalue weighted by Crippen LogP contribution is -2.37. The number of phosphoric acid groups is 1. The third-order valence-electron chi connectivity index (χ3n) is 9.50. The van der Waals surface area contributed by atoms with E-state index in [0.29, 0.717) is 17.6 Å². The molecule has 0 aromatic rings. The van der Waals surface area contributed by atoms with Crippen molar-refractivity contribution < 1.29 is 37.3 Å². The van der Waals surface area contributed by atoms with Crippen molar-refractivity contribution in [2.45, 2.75) is 180 Å². The molecule has 0 saturated carbocycles. The quantitative estimate of drug-likeness (QED) is 0.0215. The standard InChI is InChI=1S/C49H88NO7P/c1-6-8-10-12-14-16-18-20-22-24-25-26-28-30-32-34-36-38-40-42-49(51)57-48(47-56-58(52,53)55-45-43-50(3,4)5)46-54-44-41-39-37-35-33-31-29-27-23-21-19-17-15-13-11-9-7-2/h8,10,14,16,20,22-23,25-27,30,32,48H,6-7,9,11-13,15,17-19,21,24,28-29,31,33-47H2,1-5H3/p+1/b10-8-,16-14-,22-20-,26-25-,27-23-,32-30-. The number of allylic oxidation sites excluding steroid dienone is 12. The number of unbranched alkanes of at least 4 members (excludes halogenated alkanes) is 16. The Morgan fingerprint density at radius 1 is 0.552 bits per heavy atom. The number of rotatable bonds is 42. The van der Waals surface area contributed by atoms with E-state index in [0.717, 1.165) is 70.6 Å². The molecule has 0 aromatic heterocycles. The van der Waals surface area contributed by atoms with Crippen molar-refractivity contribution >= 4 is 13.8 Å². The highest BCUT2D eigenvalue weighted by Crippen LogP contribution is 2.43. The number of quaternary nitrogens is 1. The minimum Gasteiger partial charge on any atom is -0.457 e. The molecule has 0 aliphatic carbocycles. The number of phosphoric ester groups is 1. The van der Waals surface area contributed by atoms with E-state index < -0.39 is 13.9 Å². The van der Waals surface area contributed by atoms with Crippen molar-refractivity contribution in [2.24, 2.45) is 0 Å². The Bertz CT molecular complexity index is 1150. The molecule has 0 rings (SSSR count). The van der Waals surface area contributed by atoms with Crippen LogP contribution in [0.1, 0.15) is 174 Å². The third kappa shape index (κ3) is 45.0. The number of hydrogen-bond donors (Lipinski definition) is 1. The average Bonchev–Trinajstić information content (AvgIpc) is 3.18. The molecule has 0 amide bonds. The van der Waals surface area contributed by atoms with Gasteiger partial charge >= 0.3 is 13.8 Å². The summed E-state index contributed by atoms with van der Waals surface area (Å²) in [6.07, 6.45) is 53.7. The Kier molecular flexibility index (Phi) is 40.2. The molecule has 0 bridgehead atoms. The lowest BCUT2D eigenvalue weighted by atomic mass is 10.1. The van der Waals surface area contributed by atoms with E-state index in [-0.39, 0.29) is 32.2 Å². The molecule has 336 valence electrons. The van der Waals surface area contributed by atoms with E-state index in [1.807, 2.05) is 21.1 Å². The number of esters is 1. The fourth-order valence-electron chi connectivity index (χ4n) is 5.93. The normalized spacial score (nSPS) is 14.4. The fourth-order valence-corrected chi connectivity index (χ4v) is 6.67. The van der Waals surface area contributed by atoms with Crippen molar-refractivity contribution in [3.8, 4) is 0 Å². The van der Waals surface area contributed by atoms with Gasteiger partial charge in [0.05, 0.1) is 34.4 Å². The minimum absolute atomic E-state index is 0.0772. The summed E-state index contributed by atoms with van der Waals surface area (Å²) in [5.74, 6) is -0.349. The first-order valence-electron chi connectivity index (χ1n) is 23.2. The van der Waals surface area contributed by atoms with Crippen LogP contribution in [-0.4, -0.2) is 75.6 Å². The van der Waals surface area contributed by atoms with Crippen LogP contribution in [0.2, 0.25) is 0 Å². The van der Waals surface area contributed by atoms with E-state index in [1.165, 1.54) is 83.5 Å². The summed E-state index contributed by atoms with van der Waals surface area (Å²) in [6.45, 7) is 5.44. The molecule has 0 aromatic carbocycles. The summed E-state index contributed by atoms with van der Waals surface area (Å²) >= 11 is 0. The second-order valence-electron chi connectivity index (χ2n) is 16.4. The number of nitrogens with zero attached hydrogens (tertiary/aromatic N) is 1. The molecular weight excluding hydrogens is 746 g/mol. The van der Waals surface area contributed by atoms with E-state index >= 15 is 0 Å². The van der Waals surface area contributed by atoms with Gasteiger partial charge in [0.25, 0.3) is 0 Å². The Morgan fingerprint density at radius 2 is 1.00 bits per heavy atom. The number of carbonyl (C=O) groups excluding carboxylic acids is 1. The van der Waals surface area contributed by atoms with E-state index in [2.05, 4.69) is 86.8 Å². The van der Waals surface area contributed by atoms with Gasteiger partial charge in [-0.3, -0.25) is 13.8 Å². The minimum atomic E-state index is -4.29.